The van der Waals surface area contributed by atoms with Crippen LogP contribution in [0.3, 0.4) is 0 Å². The van der Waals surface area contributed by atoms with Crippen molar-refractivity contribution in [1.29, 1.82) is 0 Å². The van der Waals surface area contributed by atoms with Gasteiger partial charge in [0.05, 0.1) is 5.69 Å². The van der Waals surface area contributed by atoms with Crippen LogP contribution in [0.1, 0.15) is 13.8 Å². The molecule has 2 amide bonds. The third kappa shape index (κ3) is 3.33. The summed E-state index contributed by atoms with van der Waals surface area (Å²) in [5.74, 6) is -1.01. The summed E-state index contributed by atoms with van der Waals surface area (Å²) < 4.78 is 38.7. The van der Waals surface area contributed by atoms with E-state index in [9.17, 15) is 17.6 Å². The third-order valence-corrected chi connectivity index (χ3v) is 3.34. The van der Waals surface area contributed by atoms with E-state index in [0.717, 1.165) is 6.07 Å². The summed E-state index contributed by atoms with van der Waals surface area (Å²) in [6, 6.07) is 2.27. The Kier molecular flexibility index (Phi) is 4.12. The van der Waals surface area contributed by atoms with E-state index < -0.39 is 26.8 Å². The molecule has 0 fully saturated rings. The highest BCUT2D eigenvalue weighted by Crippen LogP contribution is 2.21. The SMILES string of the molecule is CC(C)NC(=O)NS(=O)(=O)c1c(N)cccc1F. The van der Waals surface area contributed by atoms with Crippen molar-refractivity contribution < 1.29 is 17.6 Å². The van der Waals surface area contributed by atoms with Gasteiger partial charge in [-0.25, -0.2) is 22.3 Å². The fourth-order valence-corrected chi connectivity index (χ4v) is 2.38. The number of carbonyl (C=O) groups is 1. The molecular formula is C10H14FN3O3S. The second kappa shape index (κ2) is 5.21. The standard InChI is InChI=1S/C10H14FN3O3S/c1-6(2)13-10(15)14-18(16,17)9-7(11)4-3-5-8(9)12/h3-6H,12H2,1-2H3,(H2,13,14,15). The Balaban J connectivity index is 3.04. The van der Waals surface area contributed by atoms with Crippen molar-refractivity contribution in [3.8, 4) is 0 Å². The molecule has 0 aliphatic heterocycles. The zero-order valence-electron chi connectivity index (χ0n) is 9.90. The molecular weight excluding hydrogens is 261 g/mol. The largest absolute Gasteiger partial charge is 0.398 e. The zero-order valence-corrected chi connectivity index (χ0v) is 10.7. The van der Waals surface area contributed by atoms with Gasteiger partial charge in [0.2, 0.25) is 0 Å². The molecule has 1 aromatic carbocycles. The van der Waals surface area contributed by atoms with Crippen LogP contribution >= 0.6 is 0 Å². The van der Waals surface area contributed by atoms with Crippen molar-refractivity contribution in [2.24, 2.45) is 0 Å². The van der Waals surface area contributed by atoms with E-state index in [1.807, 2.05) is 0 Å². The number of nitrogens with two attached hydrogens (primary N) is 1. The lowest BCUT2D eigenvalue weighted by Gasteiger charge is -2.12. The molecule has 0 atom stereocenters. The van der Waals surface area contributed by atoms with Crippen LogP contribution in [-0.4, -0.2) is 20.5 Å². The Hall–Kier alpha value is -1.83. The number of rotatable bonds is 3. The molecule has 100 valence electrons. The van der Waals surface area contributed by atoms with Gasteiger partial charge in [-0.05, 0) is 26.0 Å². The van der Waals surface area contributed by atoms with Crippen LogP contribution in [0.15, 0.2) is 23.1 Å². The number of benzene rings is 1. The van der Waals surface area contributed by atoms with Gasteiger partial charge in [-0.3, -0.25) is 0 Å². The first-order valence-electron chi connectivity index (χ1n) is 5.11. The first kappa shape index (κ1) is 14.2. The molecule has 0 spiro atoms. The van der Waals surface area contributed by atoms with E-state index in [0.29, 0.717) is 0 Å². The highest BCUT2D eigenvalue weighted by Gasteiger charge is 2.24. The van der Waals surface area contributed by atoms with Gasteiger partial charge in [0, 0.05) is 6.04 Å². The molecule has 6 nitrogen and oxygen atoms in total. The molecule has 0 aliphatic carbocycles. The molecule has 8 heteroatoms. The number of hydrogen-bond acceptors (Lipinski definition) is 4. The molecule has 0 unspecified atom stereocenters. The molecule has 4 N–H and O–H groups in total. The van der Waals surface area contributed by atoms with Gasteiger partial charge >= 0.3 is 6.03 Å². The maximum absolute atomic E-state index is 13.4. The third-order valence-electron chi connectivity index (χ3n) is 1.91. The fourth-order valence-electron chi connectivity index (χ4n) is 1.27. The van der Waals surface area contributed by atoms with Crippen molar-refractivity contribution >= 4 is 21.7 Å². The van der Waals surface area contributed by atoms with Gasteiger partial charge in [0.25, 0.3) is 10.0 Å². The van der Waals surface area contributed by atoms with Crippen molar-refractivity contribution in [1.82, 2.24) is 10.0 Å². The van der Waals surface area contributed by atoms with Crippen molar-refractivity contribution in [3.05, 3.63) is 24.0 Å². The van der Waals surface area contributed by atoms with Crippen LogP contribution in [-0.2, 0) is 10.0 Å². The highest BCUT2D eigenvalue weighted by molar-refractivity contribution is 7.90. The minimum absolute atomic E-state index is 0.252. The van der Waals surface area contributed by atoms with Gasteiger partial charge in [-0.1, -0.05) is 6.07 Å². The minimum atomic E-state index is -4.33. The van der Waals surface area contributed by atoms with E-state index in [-0.39, 0.29) is 11.7 Å². The number of sulfonamides is 1. The van der Waals surface area contributed by atoms with Crippen LogP contribution in [0.4, 0.5) is 14.9 Å². The lowest BCUT2D eigenvalue weighted by atomic mass is 10.3. The number of amides is 2. The van der Waals surface area contributed by atoms with Gasteiger partial charge in [-0.15, -0.1) is 0 Å². The molecule has 1 aromatic rings. The second-order valence-electron chi connectivity index (χ2n) is 3.89. The highest BCUT2D eigenvalue weighted by atomic mass is 32.2. The maximum Gasteiger partial charge on any atom is 0.328 e. The number of carbonyl (C=O) groups excluding carboxylic acids is 1. The van der Waals surface area contributed by atoms with E-state index in [2.05, 4.69) is 5.32 Å². The van der Waals surface area contributed by atoms with E-state index in [4.69, 9.17) is 5.73 Å². The lowest BCUT2D eigenvalue weighted by molar-refractivity contribution is 0.243. The summed E-state index contributed by atoms with van der Waals surface area (Å²) >= 11 is 0. The average molecular weight is 275 g/mol. The normalized spacial score (nSPS) is 11.3. The van der Waals surface area contributed by atoms with E-state index in [1.54, 1.807) is 18.6 Å². The maximum atomic E-state index is 13.4. The smallest absolute Gasteiger partial charge is 0.328 e. The van der Waals surface area contributed by atoms with Crippen LogP contribution in [0.25, 0.3) is 0 Å². The molecule has 0 radical (unpaired) electrons. The Morgan fingerprint density at radius 2 is 2.00 bits per heavy atom. The second-order valence-corrected chi connectivity index (χ2v) is 5.51. The summed E-state index contributed by atoms with van der Waals surface area (Å²) in [7, 11) is -4.33. The quantitative estimate of drug-likeness (QED) is 0.710. The summed E-state index contributed by atoms with van der Waals surface area (Å²) in [5, 5.41) is 2.32. The Morgan fingerprint density at radius 1 is 1.39 bits per heavy atom. The number of nitrogens with one attached hydrogen (secondary N) is 2. The van der Waals surface area contributed by atoms with Crippen molar-refractivity contribution in [3.63, 3.8) is 0 Å². The molecule has 18 heavy (non-hydrogen) atoms. The Labute approximate surface area is 104 Å². The number of urea groups is 1. The minimum Gasteiger partial charge on any atom is -0.398 e. The topological polar surface area (TPSA) is 101 Å². The lowest BCUT2D eigenvalue weighted by Crippen LogP contribution is -2.42. The monoisotopic (exact) mass is 275 g/mol. The van der Waals surface area contributed by atoms with E-state index in [1.165, 1.54) is 12.1 Å². The molecule has 0 saturated carbocycles. The summed E-state index contributed by atoms with van der Waals surface area (Å²) in [4.78, 5) is 10.6. The Morgan fingerprint density at radius 3 is 2.50 bits per heavy atom. The number of halogens is 1. The number of nitrogen functional groups attached to an aromatic ring is 1. The number of hydrogen-bond donors (Lipinski definition) is 3. The first-order chi connectivity index (χ1) is 8.24. The van der Waals surface area contributed by atoms with Crippen molar-refractivity contribution in [2.45, 2.75) is 24.8 Å². The predicted octanol–water partition coefficient (Wildman–Crippen LogP) is 0.804. The summed E-state index contributed by atoms with van der Waals surface area (Å²) in [6.07, 6.45) is 0. The Bertz CT molecular complexity index is 537. The van der Waals surface area contributed by atoms with Crippen LogP contribution in [0.5, 0.6) is 0 Å². The van der Waals surface area contributed by atoms with Gasteiger partial charge in [-0.2, -0.15) is 0 Å². The van der Waals surface area contributed by atoms with E-state index >= 15 is 0 Å². The van der Waals surface area contributed by atoms with Crippen molar-refractivity contribution in [2.75, 3.05) is 5.73 Å². The molecule has 0 bridgehead atoms. The average Bonchev–Trinajstić information content (AvgIpc) is 2.13. The predicted molar refractivity (Wildman–Crippen MR) is 64.8 cm³/mol. The summed E-state index contributed by atoms with van der Waals surface area (Å²) in [6.45, 7) is 3.31. The molecule has 0 heterocycles. The number of anilines is 1. The van der Waals surface area contributed by atoms with Gasteiger partial charge in [0.15, 0.2) is 0 Å². The van der Waals surface area contributed by atoms with Crippen LogP contribution < -0.4 is 15.8 Å². The molecule has 1 rings (SSSR count). The zero-order chi connectivity index (χ0) is 13.9. The van der Waals surface area contributed by atoms with Crippen LogP contribution in [0.2, 0.25) is 0 Å². The molecule has 0 aromatic heterocycles. The first-order valence-corrected chi connectivity index (χ1v) is 6.59. The molecule has 0 saturated heterocycles. The van der Waals surface area contributed by atoms with Crippen LogP contribution in [0, 0.1) is 5.82 Å². The molecule has 0 aliphatic rings. The van der Waals surface area contributed by atoms with Gasteiger partial charge < -0.3 is 11.1 Å². The van der Waals surface area contributed by atoms with Gasteiger partial charge in [0.1, 0.15) is 10.7 Å². The summed E-state index contributed by atoms with van der Waals surface area (Å²) in [5.41, 5.74) is 5.13. The fraction of sp³-hybridized carbons (Fsp3) is 0.300.